The SMILES string of the molecule is COC(=O)C1(NC(=O)c2ccccc2)CCCC1. The van der Waals surface area contributed by atoms with Gasteiger partial charge in [0.05, 0.1) is 7.11 Å². The van der Waals surface area contributed by atoms with Crippen LogP contribution in [0.4, 0.5) is 0 Å². The van der Waals surface area contributed by atoms with Crippen molar-refractivity contribution in [2.75, 3.05) is 7.11 Å². The monoisotopic (exact) mass is 247 g/mol. The molecule has 0 saturated heterocycles. The van der Waals surface area contributed by atoms with Gasteiger partial charge < -0.3 is 10.1 Å². The third-order valence-electron chi connectivity index (χ3n) is 3.42. The third kappa shape index (κ3) is 2.37. The van der Waals surface area contributed by atoms with Crippen LogP contribution in [0.2, 0.25) is 0 Å². The fraction of sp³-hybridized carbons (Fsp3) is 0.429. The normalized spacial score (nSPS) is 17.2. The quantitative estimate of drug-likeness (QED) is 0.830. The van der Waals surface area contributed by atoms with Crippen LogP contribution in [-0.2, 0) is 9.53 Å². The zero-order chi connectivity index (χ0) is 13.0. The van der Waals surface area contributed by atoms with Crippen molar-refractivity contribution in [1.82, 2.24) is 5.32 Å². The zero-order valence-corrected chi connectivity index (χ0v) is 10.4. The molecule has 0 aliphatic heterocycles. The molecule has 1 aliphatic carbocycles. The van der Waals surface area contributed by atoms with Gasteiger partial charge in [-0.25, -0.2) is 4.79 Å². The summed E-state index contributed by atoms with van der Waals surface area (Å²) in [6, 6.07) is 8.91. The number of hydrogen-bond donors (Lipinski definition) is 1. The van der Waals surface area contributed by atoms with Crippen LogP contribution in [0.3, 0.4) is 0 Å². The summed E-state index contributed by atoms with van der Waals surface area (Å²) in [7, 11) is 1.36. The van der Waals surface area contributed by atoms with E-state index in [-0.39, 0.29) is 11.9 Å². The van der Waals surface area contributed by atoms with E-state index >= 15 is 0 Å². The summed E-state index contributed by atoms with van der Waals surface area (Å²) in [6.45, 7) is 0. The largest absolute Gasteiger partial charge is 0.467 e. The van der Waals surface area contributed by atoms with E-state index in [9.17, 15) is 9.59 Å². The molecule has 1 aliphatic rings. The zero-order valence-electron chi connectivity index (χ0n) is 10.4. The number of benzene rings is 1. The van der Waals surface area contributed by atoms with Crippen LogP contribution >= 0.6 is 0 Å². The number of hydrogen-bond acceptors (Lipinski definition) is 3. The number of carbonyl (C=O) groups is 2. The number of carbonyl (C=O) groups excluding carboxylic acids is 2. The molecule has 18 heavy (non-hydrogen) atoms. The van der Waals surface area contributed by atoms with Gasteiger partial charge in [0.2, 0.25) is 0 Å². The maximum atomic E-state index is 12.1. The lowest BCUT2D eigenvalue weighted by Gasteiger charge is -2.27. The van der Waals surface area contributed by atoms with Crippen molar-refractivity contribution < 1.29 is 14.3 Å². The van der Waals surface area contributed by atoms with Gasteiger partial charge in [-0.2, -0.15) is 0 Å². The average molecular weight is 247 g/mol. The second-order valence-corrected chi connectivity index (χ2v) is 4.60. The molecule has 1 amide bonds. The van der Waals surface area contributed by atoms with Crippen molar-refractivity contribution in [2.45, 2.75) is 31.2 Å². The molecule has 0 bridgehead atoms. The van der Waals surface area contributed by atoms with Gasteiger partial charge in [-0.05, 0) is 25.0 Å². The molecule has 0 heterocycles. The first kappa shape index (κ1) is 12.6. The average Bonchev–Trinajstić information content (AvgIpc) is 2.88. The Kier molecular flexibility index (Phi) is 3.65. The maximum absolute atomic E-state index is 12.1. The van der Waals surface area contributed by atoms with Crippen molar-refractivity contribution >= 4 is 11.9 Å². The molecule has 1 fully saturated rings. The molecule has 0 spiro atoms. The predicted octanol–water partition coefficient (Wildman–Crippen LogP) is 1.90. The van der Waals surface area contributed by atoms with E-state index in [1.54, 1.807) is 24.3 Å². The molecule has 1 aromatic rings. The van der Waals surface area contributed by atoms with Crippen LogP contribution < -0.4 is 5.32 Å². The Labute approximate surface area is 106 Å². The van der Waals surface area contributed by atoms with E-state index in [0.717, 1.165) is 12.8 Å². The van der Waals surface area contributed by atoms with Gasteiger partial charge in [0.1, 0.15) is 5.54 Å². The van der Waals surface area contributed by atoms with E-state index in [0.29, 0.717) is 18.4 Å². The van der Waals surface area contributed by atoms with Crippen LogP contribution in [0.15, 0.2) is 30.3 Å². The lowest BCUT2D eigenvalue weighted by molar-refractivity contribution is -0.148. The van der Waals surface area contributed by atoms with Crippen LogP contribution in [-0.4, -0.2) is 24.5 Å². The van der Waals surface area contributed by atoms with Gasteiger partial charge in [0.25, 0.3) is 5.91 Å². The number of methoxy groups -OCH3 is 1. The molecule has 1 N–H and O–H groups in total. The highest BCUT2D eigenvalue weighted by atomic mass is 16.5. The molecule has 1 saturated carbocycles. The Morgan fingerprint density at radius 2 is 1.78 bits per heavy atom. The van der Waals surface area contributed by atoms with Gasteiger partial charge in [0, 0.05) is 5.56 Å². The van der Waals surface area contributed by atoms with Gasteiger partial charge in [-0.3, -0.25) is 4.79 Å². The fourth-order valence-electron chi connectivity index (χ4n) is 2.43. The smallest absolute Gasteiger partial charge is 0.331 e. The first-order valence-corrected chi connectivity index (χ1v) is 6.14. The molecule has 2 rings (SSSR count). The fourth-order valence-corrected chi connectivity index (χ4v) is 2.43. The van der Waals surface area contributed by atoms with Crippen molar-refractivity contribution in [2.24, 2.45) is 0 Å². The maximum Gasteiger partial charge on any atom is 0.331 e. The van der Waals surface area contributed by atoms with Gasteiger partial charge in [-0.1, -0.05) is 31.0 Å². The molecule has 4 heteroatoms. The first-order valence-electron chi connectivity index (χ1n) is 6.14. The topological polar surface area (TPSA) is 55.4 Å². The Morgan fingerprint density at radius 1 is 1.17 bits per heavy atom. The minimum absolute atomic E-state index is 0.220. The molecule has 0 radical (unpaired) electrons. The Morgan fingerprint density at radius 3 is 2.33 bits per heavy atom. The molecule has 1 aromatic carbocycles. The highest BCUT2D eigenvalue weighted by Crippen LogP contribution is 2.31. The van der Waals surface area contributed by atoms with Crippen LogP contribution in [0.1, 0.15) is 36.0 Å². The van der Waals surface area contributed by atoms with E-state index in [1.807, 2.05) is 6.07 Å². The Hall–Kier alpha value is -1.84. The van der Waals surface area contributed by atoms with E-state index in [1.165, 1.54) is 7.11 Å². The van der Waals surface area contributed by atoms with E-state index in [2.05, 4.69) is 5.32 Å². The standard InChI is InChI=1S/C14H17NO3/c1-18-13(17)14(9-5-6-10-14)15-12(16)11-7-3-2-4-8-11/h2-4,7-8H,5-6,9-10H2,1H3,(H,15,16). The summed E-state index contributed by atoms with van der Waals surface area (Å²) in [5, 5.41) is 2.85. The minimum Gasteiger partial charge on any atom is -0.467 e. The van der Waals surface area contributed by atoms with Gasteiger partial charge >= 0.3 is 5.97 Å². The van der Waals surface area contributed by atoms with E-state index < -0.39 is 5.54 Å². The molecule has 96 valence electrons. The van der Waals surface area contributed by atoms with E-state index in [4.69, 9.17) is 4.74 Å². The number of rotatable bonds is 3. The summed E-state index contributed by atoms with van der Waals surface area (Å²) >= 11 is 0. The highest BCUT2D eigenvalue weighted by Gasteiger charge is 2.43. The molecular weight excluding hydrogens is 230 g/mol. The molecule has 4 nitrogen and oxygen atoms in total. The Balaban J connectivity index is 2.15. The number of ether oxygens (including phenoxy) is 1. The summed E-state index contributed by atoms with van der Waals surface area (Å²) < 4.78 is 4.82. The number of esters is 1. The Bertz CT molecular complexity index is 436. The molecule has 0 aromatic heterocycles. The number of nitrogens with one attached hydrogen (secondary N) is 1. The van der Waals surface area contributed by atoms with Gasteiger partial charge in [-0.15, -0.1) is 0 Å². The molecule has 0 atom stereocenters. The first-order chi connectivity index (χ1) is 8.68. The lowest BCUT2D eigenvalue weighted by atomic mass is 9.97. The summed E-state index contributed by atoms with van der Waals surface area (Å²) in [5.74, 6) is -0.563. The van der Waals surface area contributed by atoms with Crippen LogP contribution in [0, 0.1) is 0 Å². The number of amides is 1. The van der Waals surface area contributed by atoms with Crippen molar-refractivity contribution in [3.63, 3.8) is 0 Å². The summed E-state index contributed by atoms with van der Waals surface area (Å²) in [5.41, 5.74) is -0.269. The minimum atomic E-state index is -0.832. The van der Waals surface area contributed by atoms with Crippen molar-refractivity contribution in [3.05, 3.63) is 35.9 Å². The second-order valence-electron chi connectivity index (χ2n) is 4.60. The van der Waals surface area contributed by atoms with Gasteiger partial charge in [0.15, 0.2) is 0 Å². The summed E-state index contributed by atoms with van der Waals surface area (Å²) in [6.07, 6.45) is 3.17. The van der Waals surface area contributed by atoms with Crippen LogP contribution in [0.5, 0.6) is 0 Å². The third-order valence-corrected chi connectivity index (χ3v) is 3.42. The lowest BCUT2D eigenvalue weighted by Crippen LogP contribution is -2.53. The molecule has 0 unspecified atom stereocenters. The molecular formula is C14H17NO3. The van der Waals surface area contributed by atoms with Crippen LogP contribution in [0.25, 0.3) is 0 Å². The predicted molar refractivity (Wildman–Crippen MR) is 67.1 cm³/mol. The van der Waals surface area contributed by atoms with Crippen molar-refractivity contribution in [1.29, 1.82) is 0 Å². The van der Waals surface area contributed by atoms with Crippen molar-refractivity contribution in [3.8, 4) is 0 Å². The summed E-state index contributed by atoms with van der Waals surface area (Å²) in [4.78, 5) is 24.0. The second kappa shape index (κ2) is 5.21. The highest BCUT2D eigenvalue weighted by molar-refractivity contribution is 5.98.